The summed E-state index contributed by atoms with van der Waals surface area (Å²) in [6, 6.07) is 27.6. The molecular formula is C38H38N2O7S. The second-order valence-electron chi connectivity index (χ2n) is 11.0. The summed E-state index contributed by atoms with van der Waals surface area (Å²) in [5, 5.41) is 5.29. The van der Waals surface area contributed by atoms with Crippen LogP contribution in [-0.2, 0) is 0 Å². The molecule has 0 aliphatic carbocycles. The van der Waals surface area contributed by atoms with Gasteiger partial charge in [0, 0.05) is 22.8 Å². The van der Waals surface area contributed by atoms with E-state index in [1.165, 1.54) is 4.70 Å². The van der Waals surface area contributed by atoms with E-state index in [1.54, 1.807) is 39.8 Å². The highest BCUT2D eigenvalue weighted by molar-refractivity contribution is 7.21. The van der Waals surface area contributed by atoms with Crippen molar-refractivity contribution in [1.82, 2.24) is 10.1 Å². The molecule has 0 N–H and O–H groups in total. The van der Waals surface area contributed by atoms with Crippen LogP contribution in [0, 0.1) is 0 Å². The van der Waals surface area contributed by atoms with Crippen LogP contribution in [0.3, 0.4) is 0 Å². The average molecular weight is 667 g/mol. The number of aromatic nitrogens is 2. The lowest BCUT2D eigenvalue weighted by Crippen LogP contribution is -2.01. The van der Waals surface area contributed by atoms with E-state index >= 15 is 0 Å². The zero-order valence-electron chi connectivity index (χ0n) is 27.5. The van der Waals surface area contributed by atoms with Gasteiger partial charge in [-0.25, -0.2) is 4.98 Å². The normalized spacial score (nSPS) is 11.0. The molecule has 0 spiro atoms. The maximum absolute atomic E-state index is 6.15. The highest BCUT2D eigenvalue weighted by Crippen LogP contribution is 2.42. The number of fused-ring (bicyclic) bond motifs is 1. The number of benzene rings is 4. The minimum absolute atomic E-state index is 0.514. The van der Waals surface area contributed by atoms with E-state index < -0.39 is 0 Å². The van der Waals surface area contributed by atoms with Gasteiger partial charge in [0.25, 0.3) is 0 Å². The third kappa shape index (κ3) is 7.50. The fourth-order valence-electron chi connectivity index (χ4n) is 5.36. The first-order chi connectivity index (χ1) is 23.6. The predicted octanol–water partition coefficient (Wildman–Crippen LogP) is 9.34. The van der Waals surface area contributed by atoms with Crippen molar-refractivity contribution in [3.63, 3.8) is 0 Å². The highest BCUT2D eigenvalue weighted by atomic mass is 32.1. The lowest BCUT2D eigenvalue weighted by molar-refractivity contribution is 0.277. The molecule has 0 aliphatic rings. The Balaban J connectivity index is 0.985. The fourth-order valence-corrected chi connectivity index (χ4v) is 6.33. The Labute approximate surface area is 283 Å². The van der Waals surface area contributed by atoms with E-state index in [1.807, 2.05) is 66.7 Å². The van der Waals surface area contributed by atoms with E-state index in [-0.39, 0.29) is 0 Å². The van der Waals surface area contributed by atoms with Gasteiger partial charge in [-0.3, -0.25) is 0 Å². The van der Waals surface area contributed by atoms with Crippen molar-refractivity contribution in [2.24, 2.45) is 0 Å². The summed E-state index contributed by atoms with van der Waals surface area (Å²) < 4.78 is 41.1. The van der Waals surface area contributed by atoms with Crippen LogP contribution in [0.1, 0.15) is 25.7 Å². The van der Waals surface area contributed by atoms with Crippen LogP contribution in [0.4, 0.5) is 0 Å². The average Bonchev–Trinajstić information content (AvgIpc) is 3.80. The summed E-state index contributed by atoms with van der Waals surface area (Å²) in [6.45, 7) is 1.23. The van der Waals surface area contributed by atoms with Gasteiger partial charge in [0.15, 0.2) is 28.8 Å². The molecular weight excluding hydrogens is 628 g/mol. The first-order valence-electron chi connectivity index (χ1n) is 15.8. The molecule has 0 aliphatic heterocycles. The topological polar surface area (TPSA) is 94.3 Å². The summed E-state index contributed by atoms with van der Waals surface area (Å²) in [5.74, 6) is 4.36. The number of thiazole rings is 1. The zero-order chi connectivity index (χ0) is 33.3. The molecule has 6 rings (SSSR count). The minimum Gasteiger partial charge on any atom is -0.494 e. The van der Waals surface area contributed by atoms with Crippen molar-refractivity contribution in [3.05, 3.63) is 84.9 Å². The van der Waals surface area contributed by atoms with Gasteiger partial charge in [0.2, 0.25) is 5.75 Å². The molecule has 0 saturated carbocycles. The maximum atomic E-state index is 6.15. The van der Waals surface area contributed by atoms with E-state index in [9.17, 15) is 0 Å². The molecule has 0 radical (unpaired) electrons. The minimum atomic E-state index is 0.514. The predicted molar refractivity (Wildman–Crippen MR) is 188 cm³/mol. The summed E-state index contributed by atoms with van der Waals surface area (Å²) >= 11 is 1.70. The fraction of sp³-hybridized carbons (Fsp3) is 0.263. The molecule has 0 atom stereocenters. The van der Waals surface area contributed by atoms with Crippen LogP contribution in [0.15, 0.2) is 89.5 Å². The molecule has 2 aromatic heterocycles. The Kier molecular flexibility index (Phi) is 10.6. The monoisotopic (exact) mass is 666 g/mol. The van der Waals surface area contributed by atoms with Crippen molar-refractivity contribution in [2.45, 2.75) is 25.7 Å². The lowest BCUT2D eigenvalue weighted by Gasteiger charge is -2.13. The molecule has 48 heavy (non-hydrogen) atoms. The van der Waals surface area contributed by atoms with E-state index in [2.05, 4.69) is 23.4 Å². The molecule has 6 aromatic rings. The highest BCUT2D eigenvalue weighted by Gasteiger charge is 2.18. The van der Waals surface area contributed by atoms with Crippen molar-refractivity contribution >= 4 is 21.6 Å². The molecule has 0 fully saturated rings. The number of para-hydroxylation sites is 1. The molecule has 0 amide bonds. The Morgan fingerprint density at radius 3 is 2.06 bits per heavy atom. The van der Waals surface area contributed by atoms with Crippen molar-refractivity contribution in [3.8, 4) is 67.6 Å². The molecule has 4 aromatic carbocycles. The van der Waals surface area contributed by atoms with Gasteiger partial charge in [0.05, 0.1) is 51.9 Å². The molecule has 10 heteroatoms. The summed E-state index contributed by atoms with van der Waals surface area (Å²) in [5.41, 5.74) is 4.32. The number of hydrogen-bond acceptors (Lipinski definition) is 10. The first-order valence-corrected chi connectivity index (χ1v) is 16.6. The number of ether oxygens (including phenoxy) is 6. The Morgan fingerprint density at radius 2 is 1.33 bits per heavy atom. The van der Waals surface area contributed by atoms with Crippen LogP contribution in [0.2, 0.25) is 0 Å². The van der Waals surface area contributed by atoms with Crippen LogP contribution in [0.25, 0.3) is 43.4 Å². The van der Waals surface area contributed by atoms with E-state index in [0.717, 1.165) is 58.6 Å². The van der Waals surface area contributed by atoms with Gasteiger partial charge in [-0.15, -0.1) is 11.3 Å². The van der Waals surface area contributed by atoms with Gasteiger partial charge in [0.1, 0.15) is 16.5 Å². The van der Waals surface area contributed by atoms with Gasteiger partial charge >= 0.3 is 0 Å². The number of rotatable bonds is 16. The number of nitrogens with zero attached hydrogens (tertiary/aromatic N) is 2. The van der Waals surface area contributed by atoms with E-state index in [0.29, 0.717) is 53.4 Å². The zero-order valence-corrected chi connectivity index (χ0v) is 28.3. The number of hydrogen-bond donors (Lipinski definition) is 0. The number of methoxy groups -OCH3 is 4. The third-order valence-corrected chi connectivity index (χ3v) is 8.94. The van der Waals surface area contributed by atoms with E-state index in [4.69, 9.17) is 37.9 Å². The molecule has 248 valence electrons. The second kappa shape index (κ2) is 15.6. The molecule has 0 unspecified atom stereocenters. The standard InChI is InChI=1S/C38H38N2O7S/c1-41-31-17-16-25(32-24-30(40-47-32)27-22-34(42-2)37(44-4)35(23-27)43-3)21-33(31)46-19-10-6-5-9-18-45-28-13-11-12-26(20-28)38-39-29-14-7-8-15-36(29)48-38/h7-8,11-17,20-24H,5-6,9-10,18-19H2,1-4H3. The largest absolute Gasteiger partial charge is 0.494 e. The van der Waals surface area contributed by atoms with Crippen molar-refractivity contribution < 1.29 is 32.9 Å². The Hall–Kier alpha value is -5.22. The molecule has 9 nitrogen and oxygen atoms in total. The summed E-state index contributed by atoms with van der Waals surface area (Å²) in [7, 11) is 6.36. The van der Waals surface area contributed by atoms with Gasteiger partial charge in [-0.2, -0.15) is 0 Å². The van der Waals surface area contributed by atoms with Crippen LogP contribution < -0.4 is 28.4 Å². The molecule has 0 saturated heterocycles. The summed E-state index contributed by atoms with van der Waals surface area (Å²) in [6.07, 6.45) is 3.94. The van der Waals surface area contributed by atoms with Crippen LogP contribution >= 0.6 is 11.3 Å². The van der Waals surface area contributed by atoms with Gasteiger partial charge in [-0.1, -0.05) is 29.4 Å². The molecule has 0 bridgehead atoms. The number of unbranched alkanes of at least 4 members (excludes halogenated alkanes) is 3. The smallest absolute Gasteiger partial charge is 0.203 e. The lowest BCUT2D eigenvalue weighted by atomic mass is 10.1. The van der Waals surface area contributed by atoms with Crippen LogP contribution in [0.5, 0.6) is 34.5 Å². The Bertz CT molecular complexity index is 1910. The van der Waals surface area contributed by atoms with Crippen LogP contribution in [-0.4, -0.2) is 51.8 Å². The Morgan fingerprint density at radius 1 is 0.604 bits per heavy atom. The molecule has 2 heterocycles. The van der Waals surface area contributed by atoms with Gasteiger partial charge in [-0.05, 0) is 80.3 Å². The van der Waals surface area contributed by atoms with Crippen molar-refractivity contribution in [1.29, 1.82) is 0 Å². The SMILES string of the molecule is COc1ccc(-c2cc(-c3cc(OC)c(OC)c(OC)c3)no2)cc1OCCCCCCOc1cccc(-c2nc3ccccc3s2)c1. The maximum Gasteiger partial charge on any atom is 0.203 e. The van der Waals surface area contributed by atoms with Crippen molar-refractivity contribution in [2.75, 3.05) is 41.7 Å². The summed E-state index contributed by atoms with van der Waals surface area (Å²) in [4.78, 5) is 4.77. The van der Waals surface area contributed by atoms with Gasteiger partial charge < -0.3 is 32.9 Å². The quantitative estimate of drug-likeness (QED) is 0.0937. The third-order valence-electron chi connectivity index (χ3n) is 7.86. The second-order valence-corrected chi connectivity index (χ2v) is 12.0. The first kappa shape index (κ1) is 32.7.